The number of carbonyl (C=O) groups excluding carboxylic acids is 1. The molecule has 0 bridgehead atoms. The SMILES string of the molecule is O=C1c2ccccc2Cc2c1[nH]c1cc(Cl)ccc1c2=O. The average molecular weight is 296 g/mol. The molecule has 1 aromatic heterocycles. The molecule has 1 heterocycles. The fourth-order valence-electron chi connectivity index (χ4n) is 2.89. The molecule has 0 amide bonds. The van der Waals surface area contributed by atoms with Crippen LogP contribution in [0, 0.1) is 0 Å². The number of ketones is 1. The number of H-pyrrole nitrogens is 1. The van der Waals surface area contributed by atoms with Gasteiger partial charge in [0, 0.05) is 28.0 Å². The van der Waals surface area contributed by atoms with Crippen LogP contribution in [0.4, 0.5) is 0 Å². The highest BCUT2D eigenvalue weighted by atomic mass is 35.5. The minimum Gasteiger partial charge on any atom is -0.351 e. The van der Waals surface area contributed by atoms with E-state index in [1.54, 1.807) is 24.3 Å². The van der Waals surface area contributed by atoms with E-state index in [4.69, 9.17) is 11.6 Å². The van der Waals surface area contributed by atoms with Crippen molar-refractivity contribution in [3.8, 4) is 0 Å². The van der Waals surface area contributed by atoms with Crippen LogP contribution in [0.1, 0.15) is 27.2 Å². The number of halogens is 1. The molecule has 1 aliphatic rings. The second-order valence-electron chi connectivity index (χ2n) is 5.16. The summed E-state index contributed by atoms with van der Waals surface area (Å²) in [6, 6.07) is 12.4. The van der Waals surface area contributed by atoms with Crippen LogP contribution in [-0.4, -0.2) is 10.8 Å². The third-order valence-corrected chi connectivity index (χ3v) is 4.15. The monoisotopic (exact) mass is 295 g/mol. The molecule has 0 fully saturated rings. The van der Waals surface area contributed by atoms with Gasteiger partial charge in [0.05, 0.1) is 11.2 Å². The molecule has 0 radical (unpaired) electrons. The van der Waals surface area contributed by atoms with Crippen LogP contribution >= 0.6 is 11.6 Å². The summed E-state index contributed by atoms with van der Waals surface area (Å²) in [4.78, 5) is 28.3. The molecule has 0 spiro atoms. The first-order valence-corrected chi connectivity index (χ1v) is 7.00. The Kier molecular flexibility index (Phi) is 2.53. The van der Waals surface area contributed by atoms with Gasteiger partial charge in [-0.1, -0.05) is 35.9 Å². The van der Waals surface area contributed by atoms with Crippen molar-refractivity contribution in [3.63, 3.8) is 0 Å². The Balaban J connectivity index is 2.08. The molecule has 0 saturated carbocycles. The predicted molar refractivity (Wildman–Crippen MR) is 82.3 cm³/mol. The summed E-state index contributed by atoms with van der Waals surface area (Å²) in [6.45, 7) is 0. The first-order valence-electron chi connectivity index (χ1n) is 6.62. The predicted octanol–water partition coefficient (Wildman–Crippen LogP) is 3.32. The van der Waals surface area contributed by atoms with Gasteiger partial charge in [0.2, 0.25) is 5.78 Å². The zero-order valence-corrected chi connectivity index (χ0v) is 11.7. The van der Waals surface area contributed by atoms with Crippen LogP contribution in [0.15, 0.2) is 47.3 Å². The molecule has 3 aromatic rings. The number of pyridine rings is 1. The molecule has 1 aliphatic carbocycles. The number of benzene rings is 2. The van der Waals surface area contributed by atoms with E-state index in [1.807, 2.05) is 18.2 Å². The third kappa shape index (κ3) is 1.74. The molecular weight excluding hydrogens is 286 g/mol. The molecule has 3 nitrogen and oxygen atoms in total. The van der Waals surface area contributed by atoms with Crippen LogP contribution in [0.5, 0.6) is 0 Å². The Hall–Kier alpha value is -2.39. The molecule has 102 valence electrons. The summed E-state index contributed by atoms with van der Waals surface area (Å²) >= 11 is 5.96. The summed E-state index contributed by atoms with van der Waals surface area (Å²) in [7, 11) is 0. The number of hydrogen-bond donors (Lipinski definition) is 1. The summed E-state index contributed by atoms with van der Waals surface area (Å²) < 4.78 is 0. The van der Waals surface area contributed by atoms with Crippen molar-refractivity contribution in [3.05, 3.63) is 80.1 Å². The van der Waals surface area contributed by atoms with E-state index in [-0.39, 0.29) is 11.2 Å². The van der Waals surface area contributed by atoms with Crippen LogP contribution in [0.25, 0.3) is 10.9 Å². The van der Waals surface area contributed by atoms with E-state index in [2.05, 4.69) is 4.98 Å². The molecule has 4 rings (SSSR count). The van der Waals surface area contributed by atoms with Gasteiger partial charge in [0.15, 0.2) is 5.43 Å². The number of aromatic nitrogens is 1. The minimum absolute atomic E-state index is 0.0988. The van der Waals surface area contributed by atoms with Gasteiger partial charge in [-0.15, -0.1) is 0 Å². The lowest BCUT2D eigenvalue weighted by Gasteiger charge is -2.18. The summed E-state index contributed by atoms with van der Waals surface area (Å²) in [5.74, 6) is -0.133. The summed E-state index contributed by atoms with van der Waals surface area (Å²) in [5.41, 5.74) is 2.97. The first kappa shape index (κ1) is 12.4. The van der Waals surface area contributed by atoms with Crippen LogP contribution in [0.2, 0.25) is 5.02 Å². The second kappa shape index (κ2) is 4.30. The van der Waals surface area contributed by atoms with Crippen molar-refractivity contribution >= 4 is 28.3 Å². The van der Waals surface area contributed by atoms with Gasteiger partial charge < -0.3 is 4.98 Å². The largest absolute Gasteiger partial charge is 0.351 e. The standard InChI is InChI=1S/C17H10ClNO2/c18-10-5-6-12-14(8-10)19-15-13(16(12)20)7-9-3-1-2-4-11(9)17(15)21/h1-6,8H,7H2,(H,19,20). The fraction of sp³-hybridized carbons (Fsp3) is 0.0588. The van der Waals surface area contributed by atoms with Gasteiger partial charge in [-0.3, -0.25) is 9.59 Å². The Bertz CT molecular complexity index is 972. The van der Waals surface area contributed by atoms with Crippen molar-refractivity contribution in [2.24, 2.45) is 0 Å². The van der Waals surface area contributed by atoms with E-state index < -0.39 is 0 Å². The number of carbonyl (C=O) groups is 1. The van der Waals surface area contributed by atoms with Crippen molar-refractivity contribution < 1.29 is 4.79 Å². The lowest BCUT2D eigenvalue weighted by molar-refractivity contribution is 0.103. The van der Waals surface area contributed by atoms with Crippen molar-refractivity contribution in [2.45, 2.75) is 6.42 Å². The maximum absolute atomic E-state index is 12.6. The zero-order valence-electron chi connectivity index (χ0n) is 10.9. The lowest BCUT2D eigenvalue weighted by atomic mass is 9.87. The Labute approximate surface area is 125 Å². The summed E-state index contributed by atoms with van der Waals surface area (Å²) in [6.07, 6.45) is 0.477. The van der Waals surface area contributed by atoms with Gasteiger partial charge in [0.1, 0.15) is 0 Å². The number of nitrogens with one attached hydrogen (secondary N) is 1. The highest BCUT2D eigenvalue weighted by molar-refractivity contribution is 6.31. The molecule has 0 unspecified atom stereocenters. The number of rotatable bonds is 0. The number of hydrogen-bond acceptors (Lipinski definition) is 2. The molecule has 2 aromatic carbocycles. The van der Waals surface area contributed by atoms with Gasteiger partial charge in [-0.25, -0.2) is 0 Å². The van der Waals surface area contributed by atoms with E-state index in [0.717, 1.165) is 5.56 Å². The lowest BCUT2D eigenvalue weighted by Crippen LogP contribution is -2.24. The number of aromatic amines is 1. The highest BCUT2D eigenvalue weighted by Crippen LogP contribution is 2.26. The molecule has 0 saturated heterocycles. The fourth-order valence-corrected chi connectivity index (χ4v) is 3.06. The number of fused-ring (bicyclic) bond motifs is 3. The van der Waals surface area contributed by atoms with Gasteiger partial charge >= 0.3 is 0 Å². The van der Waals surface area contributed by atoms with Gasteiger partial charge in [0.25, 0.3) is 0 Å². The summed E-state index contributed by atoms with van der Waals surface area (Å²) in [5, 5.41) is 1.09. The highest BCUT2D eigenvalue weighted by Gasteiger charge is 2.26. The minimum atomic E-state index is -0.133. The second-order valence-corrected chi connectivity index (χ2v) is 5.60. The Morgan fingerprint density at radius 3 is 2.71 bits per heavy atom. The van der Waals surface area contributed by atoms with Crippen molar-refractivity contribution in [1.82, 2.24) is 4.98 Å². The quantitative estimate of drug-likeness (QED) is 0.541. The normalized spacial score (nSPS) is 13.1. The molecule has 0 atom stereocenters. The Morgan fingerprint density at radius 1 is 1.05 bits per heavy atom. The van der Waals surface area contributed by atoms with Crippen molar-refractivity contribution in [1.29, 1.82) is 0 Å². The maximum atomic E-state index is 12.6. The molecule has 21 heavy (non-hydrogen) atoms. The van der Waals surface area contributed by atoms with E-state index in [1.165, 1.54) is 0 Å². The van der Waals surface area contributed by atoms with Crippen LogP contribution in [-0.2, 0) is 6.42 Å². The van der Waals surface area contributed by atoms with E-state index >= 15 is 0 Å². The first-order chi connectivity index (χ1) is 10.1. The van der Waals surface area contributed by atoms with E-state index in [9.17, 15) is 9.59 Å². The molecular formula is C17H10ClNO2. The van der Waals surface area contributed by atoms with Crippen LogP contribution in [0.3, 0.4) is 0 Å². The molecule has 0 aliphatic heterocycles. The zero-order chi connectivity index (χ0) is 14.6. The maximum Gasteiger partial charge on any atom is 0.209 e. The molecule has 4 heteroatoms. The van der Waals surface area contributed by atoms with Gasteiger partial charge in [-0.2, -0.15) is 0 Å². The van der Waals surface area contributed by atoms with Gasteiger partial charge in [-0.05, 0) is 23.8 Å². The average Bonchev–Trinajstić information content (AvgIpc) is 2.49. The topological polar surface area (TPSA) is 49.9 Å². The third-order valence-electron chi connectivity index (χ3n) is 3.92. The van der Waals surface area contributed by atoms with Crippen molar-refractivity contribution in [2.75, 3.05) is 0 Å². The Morgan fingerprint density at radius 2 is 1.86 bits per heavy atom. The van der Waals surface area contributed by atoms with Crippen LogP contribution < -0.4 is 5.43 Å². The smallest absolute Gasteiger partial charge is 0.209 e. The molecule has 1 N–H and O–H groups in total. The van der Waals surface area contributed by atoms with E-state index in [0.29, 0.717) is 39.2 Å².